The van der Waals surface area contributed by atoms with Gasteiger partial charge in [0.05, 0.1) is 5.69 Å². The SMILES string of the molecule is Cn1nc(-c2ccc3c(c2)CCCC3)cc1CCN. The molecule has 3 nitrogen and oxygen atoms in total. The third kappa shape index (κ3) is 2.43. The number of aryl methyl sites for hydroxylation is 3. The maximum absolute atomic E-state index is 5.63. The van der Waals surface area contributed by atoms with Crippen molar-refractivity contribution in [3.05, 3.63) is 41.1 Å². The molecule has 100 valence electrons. The number of hydrogen-bond donors (Lipinski definition) is 1. The first kappa shape index (κ1) is 12.4. The first-order chi connectivity index (χ1) is 9.28. The maximum atomic E-state index is 5.63. The smallest absolute Gasteiger partial charge is 0.0926 e. The fourth-order valence-electron chi connectivity index (χ4n) is 2.92. The van der Waals surface area contributed by atoms with Crippen molar-refractivity contribution < 1.29 is 0 Å². The van der Waals surface area contributed by atoms with Gasteiger partial charge < -0.3 is 5.73 Å². The van der Waals surface area contributed by atoms with Crippen LogP contribution in [0.2, 0.25) is 0 Å². The van der Waals surface area contributed by atoms with Crippen molar-refractivity contribution in [2.45, 2.75) is 32.1 Å². The fourth-order valence-corrected chi connectivity index (χ4v) is 2.92. The molecule has 0 saturated heterocycles. The molecule has 1 aliphatic rings. The lowest BCUT2D eigenvalue weighted by Gasteiger charge is -2.15. The van der Waals surface area contributed by atoms with E-state index >= 15 is 0 Å². The second-order valence-corrected chi connectivity index (χ2v) is 5.37. The van der Waals surface area contributed by atoms with Crippen molar-refractivity contribution in [1.82, 2.24) is 9.78 Å². The Bertz CT molecular complexity index is 584. The molecule has 1 aliphatic carbocycles. The number of hydrogen-bond acceptors (Lipinski definition) is 2. The largest absolute Gasteiger partial charge is 0.330 e. The third-order valence-corrected chi connectivity index (χ3v) is 4.02. The third-order valence-electron chi connectivity index (χ3n) is 4.02. The molecule has 0 atom stereocenters. The highest BCUT2D eigenvalue weighted by Crippen LogP contribution is 2.27. The first-order valence-electron chi connectivity index (χ1n) is 7.13. The maximum Gasteiger partial charge on any atom is 0.0926 e. The van der Waals surface area contributed by atoms with E-state index in [1.807, 2.05) is 11.7 Å². The molecular formula is C16H21N3. The molecule has 2 N–H and O–H groups in total. The summed E-state index contributed by atoms with van der Waals surface area (Å²) in [6.07, 6.45) is 5.98. The molecule has 0 aliphatic heterocycles. The van der Waals surface area contributed by atoms with E-state index in [-0.39, 0.29) is 0 Å². The Morgan fingerprint density at radius 1 is 1.16 bits per heavy atom. The van der Waals surface area contributed by atoms with Crippen LogP contribution in [-0.4, -0.2) is 16.3 Å². The summed E-state index contributed by atoms with van der Waals surface area (Å²) in [4.78, 5) is 0. The minimum Gasteiger partial charge on any atom is -0.330 e. The normalized spacial score (nSPS) is 14.4. The Labute approximate surface area is 114 Å². The Kier molecular flexibility index (Phi) is 3.38. The summed E-state index contributed by atoms with van der Waals surface area (Å²) < 4.78 is 1.95. The van der Waals surface area contributed by atoms with Crippen molar-refractivity contribution in [3.63, 3.8) is 0 Å². The van der Waals surface area contributed by atoms with Crippen LogP contribution >= 0.6 is 0 Å². The van der Waals surface area contributed by atoms with Crippen LogP contribution in [0, 0.1) is 0 Å². The second-order valence-electron chi connectivity index (χ2n) is 5.37. The van der Waals surface area contributed by atoms with Crippen molar-refractivity contribution in [2.24, 2.45) is 12.8 Å². The zero-order valence-corrected chi connectivity index (χ0v) is 11.5. The van der Waals surface area contributed by atoms with Gasteiger partial charge in [-0.15, -0.1) is 0 Å². The van der Waals surface area contributed by atoms with Crippen LogP contribution < -0.4 is 5.73 Å². The molecule has 0 spiro atoms. The van der Waals surface area contributed by atoms with Crippen molar-refractivity contribution in [1.29, 1.82) is 0 Å². The molecule has 2 aromatic rings. The minimum atomic E-state index is 0.670. The summed E-state index contributed by atoms with van der Waals surface area (Å²) in [6, 6.07) is 8.97. The van der Waals surface area contributed by atoms with Crippen LogP contribution in [0.5, 0.6) is 0 Å². The predicted molar refractivity (Wildman–Crippen MR) is 78.0 cm³/mol. The summed E-state index contributed by atoms with van der Waals surface area (Å²) in [7, 11) is 1.99. The van der Waals surface area contributed by atoms with Gasteiger partial charge in [-0.2, -0.15) is 5.10 Å². The van der Waals surface area contributed by atoms with Gasteiger partial charge >= 0.3 is 0 Å². The number of benzene rings is 1. The molecule has 3 heteroatoms. The molecule has 0 fully saturated rings. The van der Waals surface area contributed by atoms with Gasteiger partial charge in [0, 0.05) is 24.7 Å². The van der Waals surface area contributed by atoms with Crippen molar-refractivity contribution in [2.75, 3.05) is 6.54 Å². The Morgan fingerprint density at radius 2 is 1.95 bits per heavy atom. The van der Waals surface area contributed by atoms with Gasteiger partial charge in [0.2, 0.25) is 0 Å². The highest BCUT2D eigenvalue weighted by Gasteiger charge is 2.12. The lowest BCUT2D eigenvalue weighted by molar-refractivity contribution is 0.685. The number of nitrogens with two attached hydrogens (primary N) is 1. The van der Waals surface area contributed by atoms with Crippen molar-refractivity contribution in [3.8, 4) is 11.3 Å². The van der Waals surface area contributed by atoms with Gasteiger partial charge in [0.25, 0.3) is 0 Å². The van der Waals surface area contributed by atoms with E-state index in [1.165, 1.54) is 48.1 Å². The Balaban J connectivity index is 1.95. The molecule has 1 aromatic carbocycles. The molecule has 1 aromatic heterocycles. The number of rotatable bonds is 3. The average molecular weight is 255 g/mol. The summed E-state index contributed by atoms with van der Waals surface area (Å²) in [5, 5.41) is 4.61. The van der Waals surface area contributed by atoms with E-state index in [9.17, 15) is 0 Å². The van der Waals surface area contributed by atoms with Crippen LogP contribution in [0.15, 0.2) is 24.3 Å². The first-order valence-corrected chi connectivity index (χ1v) is 7.13. The second kappa shape index (κ2) is 5.17. The highest BCUT2D eigenvalue weighted by molar-refractivity contribution is 5.61. The minimum absolute atomic E-state index is 0.670. The van der Waals surface area contributed by atoms with E-state index in [0.29, 0.717) is 6.54 Å². The van der Waals surface area contributed by atoms with E-state index in [2.05, 4.69) is 29.4 Å². The molecule has 0 amide bonds. The zero-order chi connectivity index (χ0) is 13.2. The predicted octanol–water partition coefficient (Wildman–Crippen LogP) is 2.47. The standard InChI is InChI=1S/C16H21N3/c1-19-15(8-9-17)11-16(18-19)14-7-6-12-4-2-3-5-13(12)10-14/h6-7,10-11H,2-5,8-9,17H2,1H3. The topological polar surface area (TPSA) is 43.8 Å². The van der Waals surface area contributed by atoms with Crippen LogP contribution in [0.3, 0.4) is 0 Å². The van der Waals surface area contributed by atoms with Crippen LogP contribution in [-0.2, 0) is 26.3 Å². The quantitative estimate of drug-likeness (QED) is 0.915. The molecule has 0 unspecified atom stereocenters. The van der Waals surface area contributed by atoms with Gasteiger partial charge in [-0.05, 0) is 55.5 Å². The molecule has 19 heavy (non-hydrogen) atoms. The number of nitrogens with zero attached hydrogens (tertiary/aromatic N) is 2. The Morgan fingerprint density at radius 3 is 2.74 bits per heavy atom. The van der Waals surface area contributed by atoms with Gasteiger partial charge in [-0.25, -0.2) is 0 Å². The highest BCUT2D eigenvalue weighted by atomic mass is 15.3. The molecule has 0 saturated carbocycles. The Hall–Kier alpha value is -1.61. The molecular weight excluding hydrogens is 234 g/mol. The van der Waals surface area contributed by atoms with E-state index in [0.717, 1.165) is 12.1 Å². The molecule has 0 radical (unpaired) electrons. The van der Waals surface area contributed by atoms with Crippen LogP contribution in [0.1, 0.15) is 29.7 Å². The summed E-state index contributed by atoms with van der Waals surface area (Å²) >= 11 is 0. The lowest BCUT2D eigenvalue weighted by atomic mass is 9.90. The summed E-state index contributed by atoms with van der Waals surface area (Å²) in [5.41, 5.74) is 12.2. The van der Waals surface area contributed by atoms with Gasteiger partial charge in [0.1, 0.15) is 0 Å². The molecule has 0 bridgehead atoms. The van der Waals surface area contributed by atoms with Gasteiger partial charge in [0.15, 0.2) is 0 Å². The monoisotopic (exact) mass is 255 g/mol. The molecule has 3 rings (SSSR count). The zero-order valence-electron chi connectivity index (χ0n) is 11.5. The number of fused-ring (bicyclic) bond motifs is 1. The fraction of sp³-hybridized carbons (Fsp3) is 0.438. The van der Waals surface area contributed by atoms with E-state index in [4.69, 9.17) is 5.73 Å². The molecule has 1 heterocycles. The van der Waals surface area contributed by atoms with Crippen molar-refractivity contribution >= 4 is 0 Å². The lowest BCUT2D eigenvalue weighted by Crippen LogP contribution is -2.06. The number of aromatic nitrogens is 2. The van der Waals surface area contributed by atoms with Gasteiger partial charge in [-0.3, -0.25) is 4.68 Å². The van der Waals surface area contributed by atoms with Crippen LogP contribution in [0.4, 0.5) is 0 Å². The van der Waals surface area contributed by atoms with Gasteiger partial charge in [-0.1, -0.05) is 12.1 Å². The average Bonchev–Trinajstić information content (AvgIpc) is 2.80. The summed E-state index contributed by atoms with van der Waals surface area (Å²) in [6.45, 7) is 0.670. The van der Waals surface area contributed by atoms with Crippen LogP contribution in [0.25, 0.3) is 11.3 Å². The van der Waals surface area contributed by atoms with E-state index in [1.54, 1.807) is 0 Å². The van der Waals surface area contributed by atoms with E-state index < -0.39 is 0 Å². The summed E-state index contributed by atoms with van der Waals surface area (Å²) in [5.74, 6) is 0.